The molecule has 54 valence electrons. The van der Waals surface area contributed by atoms with Crippen molar-refractivity contribution >= 4 is 12.4 Å². The first-order chi connectivity index (χ1) is 3.86. The monoisotopic (exact) mass is 149 g/mol. The lowest BCUT2D eigenvalue weighted by atomic mass is 10.1. The molecule has 1 saturated heterocycles. The van der Waals surface area contributed by atoms with Crippen molar-refractivity contribution in [3.63, 3.8) is 0 Å². The SMILES string of the molecule is Cl.O[C@H]1C[C@@H]2CN[C@H]1C2. The molecule has 0 spiro atoms. The summed E-state index contributed by atoms with van der Waals surface area (Å²) in [5.41, 5.74) is 0. The number of aliphatic hydroxyl groups is 1. The summed E-state index contributed by atoms with van der Waals surface area (Å²) in [7, 11) is 0. The molecule has 9 heavy (non-hydrogen) atoms. The first kappa shape index (κ1) is 7.32. The second-order valence-electron chi connectivity index (χ2n) is 2.92. The fourth-order valence-corrected chi connectivity index (χ4v) is 1.82. The van der Waals surface area contributed by atoms with Crippen LogP contribution in [0.2, 0.25) is 0 Å². The summed E-state index contributed by atoms with van der Waals surface area (Å²) in [5.74, 6) is 0.787. The predicted octanol–water partition coefficient (Wildman–Crippen LogP) is 0.151. The van der Waals surface area contributed by atoms with E-state index in [1.165, 1.54) is 6.42 Å². The minimum absolute atomic E-state index is 0. The van der Waals surface area contributed by atoms with E-state index in [4.69, 9.17) is 5.11 Å². The van der Waals surface area contributed by atoms with E-state index in [9.17, 15) is 0 Å². The fourth-order valence-electron chi connectivity index (χ4n) is 1.82. The molecular formula is C6H12ClNO. The van der Waals surface area contributed by atoms with Gasteiger partial charge in [0.15, 0.2) is 0 Å². The molecule has 0 amide bonds. The fraction of sp³-hybridized carbons (Fsp3) is 1.00. The van der Waals surface area contributed by atoms with Gasteiger partial charge in [0.25, 0.3) is 0 Å². The van der Waals surface area contributed by atoms with Crippen molar-refractivity contribution in [1.29, 1.82) is 0 Å². The molecule has 2 nitrogen and oxygen atoms in total. The van der Waals surface area contributed by atoms with E-state index in [1.54, 1.807) is 0 Å². The molecule has 0 unspecified atom stereocenters. The van der Waals surface area contributed by atoms with E-state index in [-0.39, 0.29) is 18.5 Å². The van der Waals surface area contributed by atoms with Gasteiger partial charge in [-0.2, -0.15) is 0 Å². The third kappa shape index (κ3) is 1.07. The third-order valence-electron chi connectivity index (χ3n) is 2.30. The van der Waals surface area contributed by atoms with Crippen LogP contribution in [0, 0.1) is 5.92 Å². The third-order valence-corrected chi connectivity index (χ3v) is 2.30. The Balaban J connectivity index is 0.000000405. The second-order valence-corrected chi connectivity index (χ2v) is 2.92. The second kappa shape index (κ2) is 2.45. The van der Waals surface area contributed by atoms with Crippen molar-refractivity contribution < 1.29 is 5.11 Å². The van der Waals surface area contributed by atoms with Crippen molar-refractivity contribution in [2.75, 3.05) is 6.54 Å². The van der Waals surface area contributed by atoms with Crippen LogP contribution in [0.15, 0.2) is 0 Å². The lowest BCUT2D eigenvalue weighted by molar-refractivity contribution is 0.134. The number of rotatable bonds is 0. The molecule has 2 bridgehead atoms. The standard InChI is InChI=1S/C6H11NO.ClH/c8-6-2-4-1-5(6)7-3-4;/h4-8H,1-3H2;1H/t4-,5+,6+;/m1./s1. The van der Waals surface area contributed by atoms with Crippen LogP contribution < -0.4 is 5.32 Å². The van der Waals surface area contributed by atoms with Gasteiger partial charge in [0.2, 0.25) is 0 Å². The Morgan fingerprint density at radius 3 is 2.33 bits per heavy atom. The van der Waals surface area contributed by atoms with E-state index in [0.29, 0.717) is 6.04 Å². The van der Waals surface area contributed by atoms with Crippen LogP contribution in [0.1, 0.15) is 12.8 Å². The van der Waals surface area contributed by atoms with Gasteiger partial charge < -0.3 is 10.4 Å². The summed E-state index contributed by atoms with van der Waals surface area (Å²) in [6.07, 6.45) is 2.22. The van der Waals surface area contributed by atoms with E-state index < -0.39 is 0 Å². The molecule has 3 atom stereocenters. The molecule has 0 radical (unpaired) electrons. The van der Waals surface area contributed by atoms with Crippen molar-refractivity contribution in [2.45, 2.75) is 25.0 Å². The predicted molar refractivity (Wildman–Crippen MR) is 37.8 cm³/mol. The average Bonchev–Trinajstić information content (AvgIpc) is 2.23. The number of hydrogen-bond acceptors (Lipinski definition) is 2. The molecule has 0 aromatic heterocycles. The zero-order valence-corrected chi connectivity index (χ0v) is 6.03. The molecule has 2 fully saturated rings. The number of hydrogen-bond donors (Lipinski definition) is 2. The van der Waals surface area contributed by atoms with Crippen LogP contribution in [0.3, 0.4) is 0 Å². The van der Waals surface area contributed by atoms with Crippen molar-refractivity contribution in [3.05, 3.63) is 0 Å². The molecule has 0 aromatic rings. The van der Waals surface area contributed by atoms with Gasteiger partial charge in [-0.25, -0.2) is 0 Å². The Kier molecular flexibility index (Phi) is 1.99. The highest BCUT2D eigenvalue weighted by Gasteiger charge is 2.37. The molecule has 1 aliphatic carbocycles. The van der Waals surface area contributed by atoms with E-state index in [1.807, 2.05) is 0 Å². The van der Waals surface area contributed by atoms with Crippen LogP contribution in [0.5, 0.6) is 0 Å². The number of nitrogens with one attached hydrogen (secondary N) is 1. The number of halogens is 1. The molecule has 2 aliphatic rings. The molecule has 1 saturated carbocycles. The average molecular weight is 150 g/mol. The van der Waals surface area contributed by atoms with E-state index in [2.05, 4.69) is 5.32 Å². The Bertz CT molecular complexity index is 107. The molecule has 2 N–H and O–H groups in total. The lowest BCUT2D eigenvalue weighted by Crippen LogP contribution is -2.36. The maximum Gasteiger partial charge on any atom is 0.0696 e. The Morgan fingerprint density at radius 1 is 1.33 bits per heavy atom. The highest BCUT2D eigenvalue weighted by molar-refractivity contribution is 5.85. The zero-order valence-electron chi connectivity index (χ0n) is 5.21. The largest absolute Gasteiger partial charge is 0.391 e. The number of piperidine rings is 1. The topological polar surface area (TPSA) is 32.3 Å². The Labute approximate surface area is 61.0 Å². The van der Waals surface area contributed by atoms with Gasteiger partial charge in [0.1, 0.15) is 0 Å². The summed E-state index contributed by atoms with van der Waals surface area (Å²) < 4.78 is 0. The van der Waals surface area contributed by atoms with Gasteiger partial charge in [-0.1, -0.05) is 0 Å². The van der Waals surface area contributed by atoms with Crippen LogP contribution in [0.25, 0.3) is 0 Å². The first-order valence-electron chi connectivity index (χ1n) is 3.28. The first-order valence-corrected chi connectivity index (χ1v) is 3.28. The zero-order chi connectivity index (χ0) is 5.56. The van der Waals surface area contributed by atoms with Crippen LogP contribution >= 0.6 is 12.4 Å². The van der Waals surface area contributed by atoms with Gasteiger partial charge in [0.05, 0.1) is 6.10 Å². The lowest BCUT2D eigenvalue weighted by Gasteiger charge is -2.16. The Hall–Kier alpha value is 0.210. The van der Waals surface area contributed by atoms with Crippen LogP contribution in [-0.2, 0) is 0 Å². The summed E-state index contributed by atoms with van der Waals surface area (Å²) in [6, 6.07) is 0.444. The molecule has 1 aliphatic heterocycles. The summed E-state index contributed by atoms with van der Waals surface area (Å²) in [4.78, 5) is 0. The van der Waals surface area contributed by atoms with Crippen molar-refractivity contribution in [1.82, 2.24) is 5.32 Å². The van der Waals surface area contributed by atoms with Gasteiger partial charge in [-0.15, -0.1) is 12.4 Å². The maximum atomic E-state index is 9.16. The highest BCUT2D eigenvalue weighted by atomic mass is 35.5. The van der Waals surface area contributed by atoms with E-state index >= 15 is 0 Å². The van der Waals surface area contributed by atoms with Crippen molar-refractivity contribution in [3.8, 4) is 0 Å². The normalized spacial score (nSPS) is 47.0. The van der Waals surface area contributed by atoms with Gasteiger partial charge in [0, 0.05) is 6.04 Å². The van der Waals surface area contributed by atoms with Crippen LogP contribution in [-0.4, -0.2) is 23.8 Å². The van der Waals surface area contributed by atoms with Gasteiger partial charge in [-0.3, -0.25) is 0 Å². The smallest absolute Gasteiger partial charge is 0.0696 e. The molecule has 1 heterocycles. The van der Waals surface area contributed by atoms with Gasteiger partial charge in [-0.05, 0) is 25.3 Å². The molecule has 3 heteroatoms. The summed E-state index contributed by atoms with van der Waals surface area (Å²) in [6.45, 7) is 1.14. The molecule has 0 aromatic carbocycles. The number of aliphatic hydroxyl groups excluding tert-OH is 1. The summed E-state index contributed by atoms with van der Waals surface area (Å²) in [5, 5.41) is 12.4. The van der Waals surface area contributed by atoms with Gasteiger partial charge >= 0.3 is 0 Å². The van der Waals surface area contributed by atoms with Crippen LogP contribution in [0.4, 0.5) is 0 Å². The maximum absolute atomic E-state index is 9.16. The van der Waals surface area contributed by atoms with Crippen molar-refractivity contribution in [2.24, 2.45) is 5.92 Å². The molecule has 2 rings (SSSR count). The number of fused-ring (bicyclic) bond motifs is 2. The highest BCUT2D eigenvalue weighted by Crippen LogP contribution is 2.30. The molecular weight excluding hydrogens is 138 g/mol. The quantitative estimate of drug-likeness (QED) is 0.514. The minimum atomic E-state index is -0.0336. The summed E-state index contributed by atoms with van der Waals surface area (Å²) >= 11 is 0. The van der Waals surface area contributed by atoms with E-state index in [0.717, 1.165) is 18.9 Å². The Morgan fingerprint density at radius 2 is 2.11 bits per heavy atom. The minimum Gasteiger partial charge on any atom is -0.391 e.